The molecule has 1 saturated heterocycles. The highest BCUT2D eigenvalue weighted by molar-refractivity contribution is 7.15. The molecule has 1 aliphatic heterocycles. The lowest BCUT2D eigenvalue weighted by atomic mass is 10.0. The van der Waals surface area contributed by atoms with Crippen molar-refractivity contribution in [3.63, 3.8) is 0 Å². The van der Waals surface area contributed by atoms with Crippen molar-refractivity contribution in [3.8, 4) is 5.75 Å². The highest BCUT2D eigenvalue weighted by Gasteiger charge is 2.26. The molecule has 136 valence electrons. The van der Waals surface area contributed by atoms with E-state index >= 15 is 0 Å². The van der Waals surface area contributed by atoms with Crippen LogP contribution in [0.5, 0.6) is 5.75 Å². The van der Waals surface area contributed by atoms with E-state index in [4.69, 9.17) is 9.72 Å². The lowest BCUT2D eigenvalue weighted by Crippen LogP contribution is -2.45. The summed E-state index contributed by atoms with van der Waals surface area (Å²) >= 11 is 1.51. The normalized spacial score (nSPS) is 18.3. The third kappa shape index (κ3) is 3.13. The molecule has 6 nitrogen and oxygen atoms in total. The number of piperazine rings is 1. The van der Waals surface area contributed by atoms with Crippen LogP contribution in [0.1, 0.15) is 23.0 Å². The Morgan fingerprint density at radius 2 is 2.23 bits per heavy atom. The first kappa shape index (κ1) is 17.2. The minimum absolute atomic E-state index is 0.00674. The van der Waals surface area contributed by atoms with Gasteiger partial charge >= 0.3 is 0 Å². The summed E-state index contributed by atoms with van der Waals surface area (Å²) < 4.78 is 7.23. The molecule has 0 bridgehead atoms. The minimum Gasteiger partial charge on any atom is -0.496 e. The van der Waals surface area contributed by atoms with Gasteiger partial charge in [0.15, 0.2) is 4.96 Å². The third-order valence-corrected chi connectivity index (χ3v) is 5.79. The van der Waals surface area contributed by atoms with Gasteiger partial charge in [-0.3, -0.25) is 14.1 Å². The van der Waals surface area contributed by atoms with Gasteiger partial charge in [-0.1, -0.05) is 18.2 Å². The van der Waals surface area contributed by atoms with E-state index in [-0.39, 0.29) is 11.6 Å². The van der Waals surface area contributed by atoms with E-state index in [2.05, 4.69) is 16.3 Å². The molecule has 7 heteroatoms. The van der Waals surface area contributed by atoms with E-state index in [1.165, 1.54) is 11.3 Å². The molecule has 2 aromatic heterocycles. The molecule has 0 spiro atoms. The van der Waals surface area contributed by atoms with Gasteiger partial charge in [0.25, 0.3) is 5.56 Å². The van der Waals surface area contributed by atoms with Crippen LogP contribution in [0.2, 0.25) is 0 Å². The van der Waals surface area contributed by atoms with E-state index < -0.39 is 0 Å². The van der Waals surface area contributed by atoms with Crippen LogP contribution in [0.3, 0.4) is 0 Å². The Balaban J connectivity index is 1.66. The zero-order chi connectivity index (χ0) is 18.1. The van der Waals surface area contributed by atoms with Crippen LogP contribution >= 0.6 is 11.3 Å². The SMILES string of the molecule is COc1ccccc1C1CNCCN1Cc1cc(=O)n2c(C)csc2n1. The number of hydrogen-bond acceptors (Lipinski definition) is 6. The van der Waals surface area contributed by atoms with Gasteiger partial charge in [0.2, 0.25) is 0 Å². The fourth-order valence-electron chi connectivity index (χ4n) is 3.57. The molecule has 1 N–H and O–H groups in total. The summed E-state index contributed by atoms with van der Waals surface area (Å²) in [4.78, 5) is 20.3. The Kier molecular flexibility index (Phi) is 4.76. The number of nitrogens with zero attached hydrogens (tertiary/aromatic N) is 3. The molecule has 3 aromatic rings. The van der Waals surface area contributed by atoms with Crippen LogP contribution in [0, 0.1) is 6.92 Å². The molecular formula is C19H22N4O2S. The third-order valence-electron chi connectivity index (χ3n) is 4.85. The summed E-state index contributed by atoms with van der Waals surface area (Å²) in [7, 11) is 1.70. The van der Waals surface area contributed by atoms with Gasteiger partial charge in [-0.25, -0.2) is 4.98 Å². The second-order valence-corrected chi connectivity index (χ2v) is 7.35. The lowest BCUT2D eigenvalue weighted by molar-refractivity contribution is 0.149. The smallest absolute Gasteiger partial charge is 0.259 e. The van der Waals surface area contributed by atoms with Gasteiger partial charge in [-0.15, -0.1) is 11.3 Å². The highest BCUT2D eigenvalue weighted by atomic mass is 32.1. The first-order chi connectivity index (χ1) is 12.7. The largest absolute Gasteiger partial charge is 0.496 e. The Hall–Kier alpha value is -2.22. The quantitative estimate of drug-likeness (QED) is 0.763. The zero-order valence-corrected chi connectivity index (χ0v) is 15.8. The van der Waals surface area contributed by atoms with Crippen LogP contribution in [0.15, 0.2) is 40.5 Å². The lowest BCUT2D eigenvalue weighted by Gasteiger charge is -2.36. The number of aryl methyl sites for hydroxylation is 1. The second-order valence-electron chi connectivity index (χ2n) is 6.51. The van der Waals surface area contributed by atoms with Crippen molar-refractivity contribution in [2.75, 3.05) is 26.7 Å². The van der Waals surface area contributed by atoms with E-state index in [1.54, 1.807) is 17.6 Å². The van der Waals surface area contributed by atoms with Crippen LogP contribution in [0.25, 0.3) is 4.96 Å². The first-order valence-corrected chi connectivity index (χ1v) is 9.60. The van der Waals surface area contributed by atoms with Gasteiger partial charge in [0.1, 0.15) is 5.75 Å². The summed E-state index contributed by atoms with van der Waals surface area (Å²) in [6.45, 7) is 5.24. The average molecular weight is 370 g/mol. The maximum absolute atomic E-state index is 12.5. The number of ether oxygens (including phenoxy) is 1. The Labute approximate surface area is 156 Å². The maximum Gasteiger partial charge on any atom is 0.259 e. The standard InChI is InChI=1S/C19H22N4O2S/c1-13-12-26-19-21-14(9-18(24)23(13)19)11-22-8-7-20-10-16(22)15-5-3-4-6-17(15)25-2/h3-6,9,12,16,20H,7-8,10-11H2,1-2H3. The molecule has 1 aromatic carbocycles. The average Bonchev–Trinajstić information content (AvgIpc) is 3.03. The molecule has 1 aliphatic rings. The number of methoxy groups -OCH3 is 1. The van der Waals surface area contributed by atoms with Crippen molar-refractivity contribution in [1.29, 1.82) is 0 Å². The topological polar surface area (TPSA) is 58.9 Å². The maximum atomic E-state index is 12.5. The molecule has 0 saturated carbocycles. The molecule has 0 radical (unpaired) electrons. The van der Waals surface area contributed by atoms with Gasteiger partial charge in [-0.05, 0) is 13.0 Å². The minimum atomic E-state index is -0.00674. The Morgan fingerprint density at radius 3 is 3.08 bits per heavy atom. The number of nitrogens with one attached hydrogen (secondary N) is 1. The molecule has 26 heavy (non-hydrogen) atoms. The van der Waals surface area contributed by atoms with Crippen molar-refractivity contribution < 1.29 is 4.74 Å². The van der Waals surface area contributed by atoms with Gasteiger partial charge in [0.05, 0.1) is 18.8 Å². The number of hydrogen-bond donors (Lipinski definition) is 1. The van der Waals surface area contributed by atoms with Gasteiger partial charge in [0, 0.05) is 48.9 Å². The zero-order valence-electron chi connectivity index (χ0n) is 14.9. The van der Waals surface area contributed by atoms with Crippen LogP contribution in [0.4, 0.5) is 0 Å². The Bertz CT molecular complexity index is 981. The van der Waals surface area contributed by atoms with Crippen molar-refractivity contribution in [2.45, 2.75) is 19.5 Å². The summed E-state index contributed by atoms with van der Waals surface area (Å²) in [5.41, 5.74) is 2.90. The summed E-state index contributed by atoms with van der Waals surface area (Å²) in [6.07, 6.45) is 0. The monoisotopic (exact) mass is 370 g/mol. The predicted molar refractivity (Wildman–Crippen MR) is 103 cm³/mol. The molecule has 4 rings (SSSR count). The van der Waals surface area contributed by atoms with E-state index in [0.29, 0.717) is 6.54 Å². The van der Waals surface area contributed by atoms with Crippen molar-refractivity contribution in [1.82, 2.24) is 19.6 Å². The van der Waals surface area contributed by atoms with Crippen molar-refractivity contribution >= 4 is 16.3 Å². The Morgan fingerprint density at radius 1 is 1.38 bits per heavy atom. The van der Waals surface area contributed by atoms with Gasteiger partial charge in [-0.2, -0.15) is 0 Å². The van der Waals surface area contributed by atoms with Crippen LogP contribution < -0.4 is 15.6 Å². The van der Waals surface area contributed by atoms with E-state index in [1.807, 2.05) is 30.5 Å². The molecular weight excluding hydrogens is 348 g/mol. The highest BCUT2D eigenvalue weighted by Crippen LogP contribution is 2.31. The molecule has 0 aliphatic carbocycles. The number of benzene rings is 1. The summed E-state index contributed by atoms with van der Waals surface area (Å²) in [6, 6.07) is 9.97. The molecule has 1 atom stereocenters. The first-order valence-electron chi connectivity index (χ1n) is 8.72. The molecule has 0 amide bonds. The van der Waals surface area contributed by atoms with Crippen LogP contribution in [-0.4, -0.2) is 41.0 Å². The fourth-order valence-corrected chi connectivity index (χ4v) is 4.46. The summed E-state index contributed by atoms with van der Waals surface area (Å²) in [5, 5.41) is 5.43. The van der Waals surface area contributed by atoms with Crippen molar-refractivity contribution in [2.24, 2.45) is 0 Å². The number of thiazole rings is 1. The van der Waals surface area contributed by atoms with Crippen LogP contribution in [-0.2, 0) is 6.54 Å². The number of para-hydroxylation sites is 1. The second kappa shape index (κ2) is 7.19. The predicted octanol–water partition coefficient (Wildman–Crippen LogP) is 2.22. The van der Waals surface area contributed by atoms with E-state index in [9.17, 15) is 4.79 Å². The number of rotatable bonds is 4. The summed E-state index contributed by atoms with van der Waals surface area (Å²) in [5.74, 6) is 0.892. The fraction of sp³-hybridized carbons (Fsp3) is 0.368. The molecule has 1 fully saturated rings. The molecule has 3 heterocycles. The van der Waals surface area contributed by atoms with Gasteiger partial charge < -0.3 is 10.1 Å². The molecule has 1 unspecified atom stereocenters. The van der Waals surface area contributed by atoms with E-state index in [0.717, 1.165) is 47.3 Å². The number of fused-ring (bicyclic) bond motifs is 1. The number of aromatic nitrogens is 2. The van der Waals surface area contributed by atoms with Crippen molar-refractivity contribution in [3.05, 3.63) is 63.0 Å².